The van der Waals surface area contributed by atoms with Crippen LogP contribution in [-0.2, 0) is 11.2 Å². The number of rotatable bonds is 3. The summed E-state index contributed by atoms with van der Waals surface area (Å²) in [5, 5.41) is 7.25. The number of nitrogens with one attached hydrogen (secondary N) is 1. The quantitative estimate of drug-likeness (QED) is 0.912. The molecule has 0 spiro atoms. The van der Waals surface area contributed by atoms with Gasteiger partial charge < -0.3 is 4.90 Å². The zero-order valence-electron chi connectivity index (χ0n) is 13.3. The first kappa shape index (κ1) is 15.0. The Labute approximate surface area is 121 Å². The van der Waals surface area contributed by atoms with Crippen LogP contribution in [0.3, 0.4) is 0 Å². The lowest BCUT2D eigenvalue weighted by Crippen LogP contribution is -2.58. The molecule has 112 valence electrons. The molecule has 0 unspecified atom stereocenters. The van der Waals surface area contributed by atoms with Crippen LogP contribution in [0.4, 0.5) is 0 Å². The number of likely N-dealkylation sites (N-methyl/N-ethyl adjacent to an activating group) is 1. The van der Waals surface area contributed by atoms with E-state index in [1.54, 1.807) is 0 Å². The fourth-order valence-corrected chi connectivity index (χ4v) is 2.62. The number of amides is 1. The van der Waals surface area contributed by atoms with Gasteiger partial charge in [0, 0.05) is 43.7 Å². The van der Waals surface area contributed by atoms with Gasteiger partial charge in [-0.3, -0.25) is 14.8 Å². The lowest BCUT2D eigenvalue weighted by atomic mass is 9.99. The molecule has 5 heteroatoms. The van der Waals surface area contributed by atoms with Crippen molar-refractivity contribution in [3.63, 3.8) is 0 Å². The molecule has 0 atom stereocenters. The number of hydrogen-bond donors (Lipinski definition) is 1. The second-order valence-electron chi connectivity index (χ2n) is 6.47. The molecule has 1 saturated heterocycles. The van der Waals surface area contributed by atoms with Crippen molar-refractivity contribution >= 4 is 5.91 Å². The molecule has 1 fully saturated rings. The highest BCUT2D eigenvalue weighted by Crippen LogP contribution is 2.20. The SMILES string of the molecule is Cc1[nH]nc(CCC(=O)N2CCN(C)C(C)(C)C2)c1C. The molecule has 0 bridgehead atoms. The third kappa shape index (κ3) is 3.03. The van der Waals surface area contributed by atoms with Gasteiger partial charge in [-0.25, -0.2) is 0 Å². The number of aryl methyl sites for hydroxylation is 2. The van der Waals surface area contributed by atoms with Gasteiger partial charge in [0.2, 0.25) is 5.91 Å². The largest absolute Gasteiger partial charge is 0.340 e. The van der Waals surface area contributed by atoms with Crippen molar-refractivity contribution < 1.29 is 4.79 Å². The number of aromatic nitrogens is 2. The average molecular weight is 278 g/mol. The van der Waals surface area contributed by atoms with E-state index in [-0.39, 0.29) is 11.4 Å². The minimum Gasteiger partial charge on any atom is -0.340 e. The first-order chi connectivity index (χ1) is 9.31. The monoisotopic (exact) mass is 278 g/mol. The van der Waals surface area contributed by atoms with Crippen LogP contribution >= 0.6 is 0 Å². The Bertz CT molecular complexity index is 492. The second kappa shape index (κ2) is 5.56. The van der Waals surface area contributed by atoms with Crippen LogP contribution in [0, 0.1) is 13.8 Å². The van der Waals surface area contributed by atoms with E-state index in [0.29, 0.717) is 6.42 Å². The van der Waals surface area contributed by atoms with Crippen molar-refractivity contribution in [1.29, 1.82) is 0 Å². The second-order valence-corrected chi connectivity index (χ2v) is 6.47. The van der Waals surface area contributed by atoms with Crippen LogP contribution in [0.1, 0.15) is 37.2 Å². The van der Waals surface area contributed by atoms with Gasteiger partial charge in [-0.1, -0.05) is 0 Å². The number of hydrogen-bond acceptors (Lipinski definition) is 3. The normalized spacial score (nSPS) is 19.4. The van der Waals surface area contributed by atoms with Gasteiger partial charge in [0.05, 0.1) is 5.69 Å². The van der Waals surface area contributed by atoms with Crippen LogP contribution in [0.25, 0.3) is 0 Å². The summed E-state index contributed by atoms with van der Waals surface area (Å²) in [4.78, 5) is 16.7. The summed E-state index contributed by atoms with van der Waals surface area (Å²) in [5.74, 6) is 0.242. The number of nitrogens with zero attached hydrogens (tertiary/aromatic N) is 3. The summed E-state index contributed by atoms with van der Waals surface area (Å²) in [7, 11) is 2.12. The summed E-state index contributed by atoms with van der Waals surface area (Å²) in [6.07, 6.45) is 1.27. The van der Waals surface area contributed by atoms with E-state index in [9.17, 15) is 4.79 Å². The molecule has 1 aromatic rings. The molecule has 1 aliphatic rings. The van der Waals surface area contributed by atoms with Gasteiger partial charge in [0.1, 0.15) is 0 Å². The summed E-state index contributed by atoms with van der Waals surface area (Å²) >= 11 is 0. The van der Waals surface area contributed by atoms with Crippen LogP contribution in [-0.4, -0.2) is 58.1 Å². The van der Waals surface area contributed by atoms with Gasteiger partial charge in [-0.05, 0) is 40.3 Å². The first-order valence-electron chi connectivity index (χ1n) is 7.31. The molecule has 1 aliphatic heterocycles. The minimum absolute atomic E-state index is 0.0623. The van der Waals surface area contributed by atoms with E-state index >= 15 is 0 Å². The Balaban J connectivity index is 1.91. The number of piperazine rings is 1. The highest BCUT2D eigenvalue weighted by Gasteiger charge is 2.32. The van der Waals surface area contributed by atoms with E-state index in [1.807, 2.05) is 11.8 Å². The van der Waals surface area contributed by atoms with Gasteiger partial charge in [-0.15, -0.1) is 0 Å². The van der Waals surface area contributed by atoms with Gasteiger partial charge in [0.25, 0.3) is 0 Å². The van der Waals surface area contributed by atoms with Gasteiger partial charge in [0.15, 0.2) is 0 Å². The van der Waals surface area contributed by atoms with Crippen LogP contribution in [0.2, 0.25) is 0 Å². The lowest BCUT2D eigenvalue weighted by Gasteiger charge is -2.45. The number of aromatic amines is 1. The molecule has 20 heavy (non-hydrogen) atoms. The van der Waals surface area contributed by atoms with Crippen LogP contribution in [0.5, 0.6) is 0 Å². The van der Waals surface area contributed by atoms with Gasteiger partial charge in [-0.2, -0.15) is 5.10 Å². The highest BCUT2D eigenvalue weighted by molar-refractivity contribution is 5.76. The van der Waals surface area contributed by atoms with E-state index < -0.39 is 0 Å². The fraction of sp³-hybridized carbons (Fsp3) is 0.733. The summed E-state index contributed by atoms with van der Waals surface area (Å²) in [5.41, 5.74) is 3.35. The average Bonchev–Trinajstić information content (AvgIpc) is 2.70. The lowest BCUT2D eigenvalue weighted by molar-refractivity contribution is -0.135. The van der Waals surface area contributed by atoms with Gasteiger partial charge >= 0.3 is 0 Å². The topological polar surface area (TPSA) is 52.2 Å². The molecule has 0 radical (unpaired) electrons. The number of carbonyl (C=O) groups is 1. The Kier molecular flexibility index (Phi) is 4.18. The van der Waals surface area contributed by atoms with Crippen molar-refractivity contribution in [1.82, 2.24) is 20.0 Å². The Morgan fingerprint density at radius 3 is 2.60 bits per heavy atom. The molecule has 1 aromatic heterocycles. The molecule has 0 aliphatic carbocycles. The minimum atomic E-state index is 0.0623. The molecule has 0 saturated carbocycles. The Morgan fingerprint density at radius 2 is 2.05 bits per heavy atom. The maximum Gasteiger partial charge on any atom is 0.223 e. The van der Waals surface area contributed by atoms with E-state index in [2.05, 4.69) is 42.9 Å². The third-order valence-corrected chi connectivity index (χ3v) is 4.60. The van der Waals surface area contributed by atoms with Crippen LogP contribution in [0.15, 0.2) is 0 Å². The van der Waals surface area contributed by atoms with E-state index in [1.165, 1.54) is 5.56 Å². The molecule has 2 heterocycles. The highest BCUT2D eigenvalue weighted by atomic mass is 16.2. The molecule has 0 aromatic carbocycles. The summed E-state index contributed by atoms with van der Waals surface area (Å²) in [6, 6.07) is 0. The molecule has 1 amide bonds. The maximum atomic E-state index is 12.4. The van der Waals surface area contributed by atoms with Crippen molar-refractivity contribution in [2.24, 2.45) is 0 Å². The van der Waals surface area contributed by atoms with Crippen molar-refractivity contribution in [3.05, 3.63) is 17.0 Å². The third-order valence-electron chi connectivity index (χ3n) is 4.60. The Morgan fingerprint density at radius 1 is 1.35 bits per heavy atom. The number of H-pyrrole nitrogens is 1. The zero-order chi connectivity index (χ0) is 14.9. The van der Waals surface area contributed by atoms with Crippen molar-refractivity contribution in [2.45, 2.75) is 46.1 Å². The zero-order valence-corrected chi connectivity index (χ0v) is 13.3. The summed E-state index contributed by atoms with van der Waals surface area (Å²) < 4.78 is 0. The Hall–Kier alpha value is -1.36. The number of carbonyl (C=O) groups excluding carboxylic acids is 1. The fourth-order valence-electron chi connectivity index (χ4n) is 2.62. The van der Waals surface area contributed by atoms with E-state index in [0.717, 1.165) is 37.4 Å². The molecular weight excluding hydrogens is 252 g/mol. The standard InChI is InChI=1S/C15H26N4O/c1-11-12(2)16-17-13(11)6-7-14(20)19-9-8-18(5)15(3,4)10-19/h6-10H2,1-5H3,(H,16,17). The predicted molar refractivity (Wildman–Crippen MR) is 79.7 cm³/mol. The predicted octanol–water partition coefficient (Wildman–Crippen LogP) is 1.51. The van der Waals surface area contributed by atoms with Crippen molar-refractivity contribution in [3.8, 4) is 0 Å². The first-order valence-corrected chi connectivity index (χ1v) is 7.31. The molecule has 5 nitrogen and oxygen atoms in total. The van der Waals surface area contributed by atoms with E-state index in [4.69, 9.17) is 0 Å². The summed E-state index contributed by atoms with van der Waals surface area (Å²) in [6.45, 7) is 11.0. The molecule has 2 rings (SSSR count). The maximum absolute atomic E-state index is 12.4. The smallest absolute Gasteiger partial charge is 0.223 e. The molecular formula is C15H26N4O. The molecule has 1 N–H and O–H groups in total. The van der Waals surface area contributed by atoms with Crippen molar-refractivity contribution in [2.75, 3.05) is 26.7 Å². The van der Waals surface area contributed by atoms with Crippen LogP contribution < -0.4 is 0 Å².